The second-order valence-corrected chi connectivity index (χ2v) is 3.85. The van der Waals surface area contributed by atoms with Crippen molar-refractivity contribution in [1.29, 1.82) is 0 Å². The normalized spacial score (nSPS) is 11.5. The van der Waals surface area contributed by atoms with Crippen molar-refractivity contribution in [2.75, 3.05) is 0 Å². The van der Waals surface area contributed by atoms with Gasteiger partial charge >= 0.3 is 0 Å². The van der Waals surface area contributed by atoms with Crippen LogP contribution in [-0.2, 0) is 0 Å². The van der Waals surface area contributed by atoms with Gasteiger partial charge in [0.25, 0.3) is 0 Å². The average molecular weight is 205 g/mol. The van der Waals surface area contributed by atoms with Crippen molar-refractivity contribution < 1.29 is 0 Å². The minimum Gasteiger partial charge on any atom is -0.0882 e. The highest BCUT2D eigenvalue weighted by Crippen LogP contribution is 2.05. The molecule has 0 aliphatic heterocycles. The number of rotatable bonds is 10. The van der Waals surface area contributed by atoms with Crippen molar-refractivity contribution in [2.45, 2.75) is 58.3 Å². The fraction of sp³-hybridized carbons (Fsp3) is 0.600. The van der Waals surface area contributed by atoms with Gasteiger partial charge in [0, 0.05) is 0 Å². The van der Waals surface area contributed by atoms with E-state index < -0.39 is 0 Å². The Kier molecular flexibility index (Phi) is 12.5. The van der Waals surface area contributed by atoms with Gasteiger partial charge in [-0.2, -0.15) is 0 Å². The van der Waals surface area contributed by atoms with Gasteiger partial charge in [-0.05, 0) is 25.7 Å². The van der Waals surface area contributed by atoms with Gasteiger partial charge in [0.15, 0.2) is 0 Å². The Balaban J connectivity index is 3.13. The molecule has 0 fully saturated rings. The van der Waals surface area contributed by atoms with Crippen LogP contribution in [0.5, 0.6) is 0 Å². The van der Waals surface area contributed by atoms with Crippen LogP contribution in [0.1, 0.15) is 58.3 Å². The molecule has 0 saturated carbocycles. The molecule has 0 saturated heterocycles. The molecule has 0 rings (SSSR count). The monoisotopic (exact) mass is 205 g/mol. The van der Waals surface area contributed by atoms with Gasteiger partial charge in [0.05, 0.1) is 0 Å². The zero-order valence-electron chi connectivity index (χ0n) is 10.1. The number of allylic oxidation sites excluding steroid dienone is 5. The lowest BCUT2D eigenvalue weighted by atomic mass is 10.1. The summed E-state index contributed by atoms with van der Waals surface area (Å²) in [5.74, 6) is 0. The van der Waals surface area contributed by atoms with E-state index in [9.17, 15) is 0 Å². The Labute approximate surface area is 95.8 Å². The van der Waals surface area contributed by atoms with Crippen LogP contribution in [0.4, 0.5) is 0 Å². The summed E-state index contributed by atoms with van der Waals surface area (Å²) in [5.41, 5.74) is 0. The molecule has 1 radical (unpaired) electrons. The van der Waals surface area contributed by atoms with Crippen molar-refractivity contribution in [3.8, 4) is 0 Å². The summed E-state index contributed by atoms with van der Waals surface area (Å²) in [5, 5.41) is 0. The zero-order valence-corrected chi connectivity index (χ0v) is 10.1. The fourth-order valence-corrected chi connectivity index (χ4v) is 1.43. The number of hydrogen-bond acceptors (Lipinski definition) is 0. The fourth-order valence-electron chi connectivity index (χ4n) is 1.43. The second-order valence-electron chi connectivity index (χ2n) is 3.85. The minimum atomic E-state index is 0.880. The molecule has 0 aliphatic rings. The zero-order chi connectivity index (χ0) is 11.2. The van der Waals surface area contributed by atoms with E-state index >= 15 is 0 Å². The van der Waals surface area contributed by atoms with Crippen molar-refractivity contribution in [3.05, 3.63) is 37.0 Å². The third-order valence-corrected chi connectivity index (χ3v) is 2.35. The molecule has 0 heteroatoms. The molecular weight excluding hydrogens is 180 g/mol. The average Bonchev–Trinajstić information content (AvgIpc) is 2.26. The maximum atomic E-state index is 5.25. The summed E-state index contributed by atoms with van der Waals surface area (Å²) >= 11 is 0. The topological polar surface area (TPSA) is 0 Å². The Bertz CT molecular complexity index is 174. The Morgan fingerprint density at radius 3 is 2.20 bits per heavy atom. The molecule has 0 heterocycles. The van der Waals surface area contributed by atoms with Crippen molar-refractivity contribution in [1.82, 2.24) is 0 Å². The van der Waals surface area contributed by atoms with Gasteiger partial charge < -0.3 is 0 Å². The quantitative estimate of drug-likeness (QED) is 0.338. The van der Waals surface area contributed by atoms with Crippen LogP contribution in [0.3, 0.4) is 0 Å². The largest absolute Gasteiger partial charge is 0.0882 e. The molecule has 0 bridgehead atoms. The van der Waals surface area contributed by atoms with Crippen LogP contribution in [0.15, 0.2) is 30.4 Å². The van der Waals surface area contributed by atoms with Crippen molar-refractivity contribution in [3.63, 3.8) is 0 Å². The summed E-state index contributed by atoms with van der Waals surface area (Å²) in [4.78, 5) is 0. The van der Waals surface area contributed by atoms with E-state index in [1.54, 1.807) is 6.08 Å². The van der Waals surface area contributed by atoms with E-state index in [1.165, 1.54) is 38.5 Å². The minimum absolute atomic E-state index is 0.880. The smallest absolute Gasteiger partial charge is 0.0166 e. The van der Waals surface area contributed by atoms with Gasteiger partial charge in [-0.15, -0.1) is 0 Å². The van der Waals surface area contributed by atoms with Crippen molar-refractivity contribution >= 4 is 0 Å². The molecule has 0 nitrogen and oxygen atoms in total. The highest BCUT2D eigenvalue weighted by Gasteiger charge is 1.85. The maximum Gasteiger partial charge on any atom is -0.0166 e. The van der Waals surface area contributed by atoms with Crippen LogP contribution in [0, 0.1) is 6.58 Å². The van der Waals surface area contributed by atoms with Crippen LogP contribution < -0.4 is 0 Å². The van der Waals surface area contributed by atoms with E-state index in [0.717, 1.165) is 12.8 Å². The Hall–Kier alpha value is -0.780. The van der Waals surface area contributed by atoms with Gasteiger partial charge in [-0.3, -0.25) is 0 Å². The summed E-state index contributed by atoms with van der Waals surface area (Å²) in [6.07, 6.45) is 20.5. The first kappa shape index (κ1) is 14.2. The first-order valence-corrected chi connectivity index (χ1v) is 6.25. The van der Waals surface area contributed by atoms with Crippen LogP contribution in [0.25, 0.3) is 0 Å². The first-order chi connectivity index (χ1) is 7.41. The molecule has 0 atom stereocenters. The third-order valence-electron chi connectivity index (χ3n) is 2.35. The molecule has 0 spiro atoms. The lowest BCUT2D eigenvalue weighted by molar-refractivity contribution is 0.637. The van der Waals surface area contributed by atoms with Gasteiger partial charge in [-0.25, -0.2) is 0 Å². The van der Waals surface area contributed by atoms with Crippen molar-refractivity contribution in [2.24, 2.45) is 0 Å². The summed E-state index contributed by atoms with van der Waals surface area (Å²) in [6.45, 7) is 7.51. The summed E-state index contributed by atoms with van der Waals surface area (Å²) < 4.78 is 0. The highest BCUT2D eigenvalue weighted by molar-refractivity contribution is 4.94. The molecule has 0 N–H and O–H groups in total. The maximum absolute atomic E-state index is 5.25. The highest BCUT2D eigenvalue weighted by atomic mass is 13.9. The number of hydrogen-bond donors (Lipinski definition) is 0. The SMILES string of the molecule is [CH]=CC/C=C/C/C=C/CCCCCCC. The molecule has 0 aromatic rings. The molecule has 0 amide bonds. The Morgan fingerprint density at radius 1 is 0.800 bits per heavy atom. The second kappa shape index (κ2) is 13.2. The molecular formula is C15H25. The van der Waals surface area contributed by atoms with Crippen LogP contribution in [0.2, 0.25) is 0 Å². The summed E-state index contributed by atoms with van der Waals surface area (Å²) in [6, 6.07) is 0. The van der Waals surface area contributed by atoms with Gasteiger partial charge in [-0.1, -0.05) is 69.6 Å². The Morgan fingerprint density at radius 2 is 1.47 bits per heavy atom. The third kappa shape index (κ3) is 13.2. The van der Waals surface area contributed by atoms with Crippen LogP contribution >= 0.6 is 0 Å². The van der Waals surface area contributed by atoms with E-state index in [-0.39, 0.29) is 0 Å². The molecule has 0 aromatic carbocycles. The molecule has 0 unspecified atom stereocenters. The van der Waals surface area contributed by atoms with Gasteiger partial charge in [0.2, 0.25) is 0 Å². The van der Waals surface area contributed by atoms with E-state index in [0.29, 0.717) is 0 Å². The molecule has 0 aromatic heterocycles. The predicted molar refractivity (Wildman–Crippen MR) is 69.8 cm³/mol. The molecule has 0 aliphatic carbocycles. The first-order valence-electron chi connectivity index (χ1n) is 6.25. The van der Waals surface area contributed by atoms with Crippen LogP contribution in [-0.4, -0.2) is 0 Å². The van der Waals surface area contributed by atoms with E-state index in [2.05, 4.69) is 31.2 Å². The summed E-state index contributed by atoms with van der Waals surface area (Å²) in [7, 11) is 0. The molecule has 85 valence electrons. The standard InChI is InChI=1S/C15H25/c1-3-5-7-9-11-13-15-14-12-10-8-6-4-2/h1,3,7,9,13,15H,4-6,8,10-12,14H2,2H3/b3-1?,9-7+,15-13+. The molecule has 15 heavy (non-hydrogen) atoms. The lowest BCUT2D eigenvalue weighted by Gasteiger charge is -1.95. The number of unbranched alkanes of at least 4 members (excludes halogenated alkanes) is 5. The van der Waals surface area contributed by atoms with Gasteiger partial charge in [0.1, 0.15) is 0 Å². The predicted octanol–water partition coefficient (Wildman–Crippen LogP) is 5.23. The van der Waals surface area contributed by atoms with E-state index in [1.807, 2.05) is 0 Å². The van der Waals surface area contributed by atoms with E-state index in [4.69, 9.17) is 6.58 Å². The lowest BCUT2D eigenvalue weighted by Crippen LogP contribution is -1.75.